The molecule has 0 aliphatic carbocycles. The van der Waals surface area contributed by atoms with E-state index in [0.29, 0.717) is 5.16 Å². The van der Waals surface area contributed by atoms with Gasteiger partial charge in [0, 0.05) is 18.6 Å². The van der Waals surface area contributed by atoms with E-state index in [0.717, 1.165) is 6.26 Å². The SMILES string of the molecule is COC(=O)c1ccnc(S(C)(=O)=O)n1.COC(=O)c1ccnc(SC)n1. The van der Waals surface area contributed by atoms with Gasteiger partial charge in [0.25, 0.3) is 0 Å². The molecule has 0 radical (unpaired) electrons. The molecule has 0 aromatic carbocycles. The highest BCUT2D eigenvalue weighted by molar-refractivity contribution is 7.98. The molecule has 0 atom stereocenters. The molecule has 0 amide bonds. The lowest BCUT2D eigenvalue weighted by atomic mass is 10.4. The van der Waals surface area contributed by atoms with E-state index < -0.39 is 21.8 Å². The number of ether oxygens (including phenoxy) is 2. The van der Waals surface area contributed by atoms with Crippen molar-refractivity contribution in [3.05, 3.63) is 35.9 Å². The molecule has 0 spiro atoms. The normalized spacial score (nSPS) is 10.3. The van der Waals surface area contributed by atoms with Gasteiger partial charge >= 0.3 is 11.9 Å². The molecule has 2 aromatic heterocycles. The fourth-order valence-electron chi connectivity index (χ4n) is 1.40. The Kier molecular flexibility index (Phi) is 8.06. The van der Waals surface area contributed by atoms with Crippen LogP contribution in [-0.4, -0.2) is 67.0 Å². The predicted octanol–water partition coefficient (Wildman–Crippen LogP) is 0.652. The number of rotatable bonds is 4. The maximum absolute atomic E-state index is 11.0. The Balaban J connectivity index is 0.000000263. The summed E-state index contributed by atoms with van der Waals surface area (Å²) in [5.41, 5.74) is 0.208. The molecule has 0 fully saturated rings. The van der Waals surface area contributed by atoms with Crippen LogP contribution in [0.2, 0.25) is 0 Å². The smallest absolute Gasteiger partial charge is 0.356 e. The fraction of sp³-hybridized carbons (Fsp3) is 0.286. The van der Waals surface area contributed by atoms with E-state index in [4.69, 9.17) is 0 Å². The maximum Gasteiger partial charge on any atom is 0.356 e. The number of thioether (sulfide) groups is 1. The number of esters is 2. The number of aromatic nitrogens is 4. The molecule has 2 heterocycles. The molecule has 0 bridgehead atoms. The van der Waals surface area contributed by atoms with Gasteiger partial charge in [0.2, 0.25) is 15.0 Å². The number of carbonyl (C=O) groups excluding carboxylic acids is 2. The quantitative estimate of drug-likeness (QED) is 0.406. The number of carbonyl (C=O) groups is 2. The van der Waals surface area contributed by atoms with Gasteiger partial charge in [-0.05, 0) is 18.4 Å². The molecule has 0 aliphatic heterocycles. The zero-order valence-corrected chi connectivity index (χ0v) is 16.0. The summed E-state index contributed by atoms with van der Waals surface area (Å²) >= 11 is 1.38. The Morgan fingerprint density at radius 3 is 1.92 bits per heavy atom. The number of hydrogen-bond donors (Lipinski definition) is 0. The molecule has 0 aliphatic rings. The molecule has 2 rings (SSSR count). The number of sulfone groups is 1. The van der Waals surface area contributed by atoms with E-state index in [-0.39, 0.29) is 16.5 Å². The third-order valence-corrected chi connectivity index (χ3v) is 3.99. The number of nitrogens with zero attached hydrogens (tertiary/aromatic N) is 4. The highest BCUT2D eigenvalue weighted by atomic mass is 32.2. The van der Waals surface area contributed by atoms with Crippen molar-refractivity contribution in [1.82, 2.24) is 19.9 Å². The van der Waals surface area contributed by atoms with Crippen molar-refractivity contribution < 1.29 is 27.5 Å². The van der Waals surface area contributed by atoms with Gasteiger partial charge in [0.1, 0.15) is 0 Å². The summed E-state index contributed by atoms with van der Waals surface area (Å²) in [6, 6.07) is 2.80. The minimum atomic E-state index is -3.50. The average molecular weight is 400 g/mol. The lowest BCUT2D eigenvalue weighted by molar-refractivity contribution is 0.0584. The van der Waals surface area contributed by atoms with Crippen molar-refractivity contribution >= 4 is 33.5 Å². The van der Waals surface area contributed by atoms with Crippen LogP contribution in [0.4, 0.5) is 0 Å². The average Bonchev–Trinajstić information content (AvgIpc) is 2.66. The molecule has 10 nitrogen and oxygen atoms in total. The van der Waals surface area contributed by atoms with Crippen LogP contribution < -0.4 is 0 Å². The van der Waals surface area contributed by atoms with E-state index in [1.54, 1.807) is 0 Å². The Hall–Kier alpha value is -2.60. The molecule has 140 valence electrons. The van der Waals surface area contributed by atoms with E-state index in [1.165, 1.54) is 50.5 Å². The van der Waals surface area contributed by atoms with Gasteiger partial charge in [-0.3, -0.25) is 0 Å². The van der Waals surface area contributed by atoms with Gasteiger partial charge < -0.3 is 9.47 Å². The second-order valence-corrected chi connectivity index (χ2v) is 7.09. The summed E-state index contributed by atoms with van der Waals surface area (Å²) in [4.78, 5) is 36.9. The minimum Gasteiger partial charge on any atom is -0.464 e. The first-order chi connectivity index (χ1) is 12.2. The summed E-state index contributed by atoms with van der Waals surface area (Å²) < 4.78 is 30.9. The molecule has 0 saturated heterocycles. The van der Waals surface area contributed by atoms with Crippen LogP contribution in [-0.2, 0) is 19.3 Å². The minimum absolute atomic E-state index is 0.0806. The second kappa shape index (κ2) is 9.77. The van der Waals surface area contributed by atoms with E-state index in [9.17, 15) is 18.0 Å². The van der Waals surface area contributed by atoms with Crippen LogP contribution in [0.3, 0.4) is 0 Å². The van der Waals surface area contributed by atoms with Crippen LogP contribution in [0.1, 0.15) is 21.0 Å². The summed E-state index contributed by atoms with van der Waals surface area (Å²) in [6.07, 6.45) is 5.53. The van der Waals surface area contributed by atoms with Crippen LogP contribution in [0.15, 0.2) is 34.8 Å². The Bertz CT molecular complexity index is 889. The van der Waals surface area contributed by atoms with Crippen LogP contribution in [0, 0.1) is 0 Å². The number of methoxy groups -OCH3 is 2. The summed E-state index contributed by atoms with van der Waals surface area (Å²) in [5, 5.41) is 0.179. The molecule has 0 unspecified atom stereocenters. The third-order valence-electron chi connectivity index (χ3n) is 2.57. The van der Waals surface area contributed by atoms with Crippen molar-refractivity contribution in [2.45, 2.75) is 10.3 Å². The van der Waals surface area contributed by atoms with Gasteiger partial charge in [0.05, 0.1) is 14.2 Å². The largest absolute Gasteiger partial charge is 0.464 e. The van der Waals surface area contributed by atoms with Gasteiger partial charge in [-0.15, -0.1) is 0 Å². The molecular weight excluding hydrogens is 384 g/mol. The molecule has 0 saturated carbocycles. The van der Waals surface area contributed by atoms with E-state index in [2.05, 4.69) is 29.4 Å². The fourth-order valence-corrected chi connectivity index (χ4v) is 2.27. The Labute approximate surface area is 154 Å². The van der Waals surface area contributed by atoms with Crippen LogP contribution >= 0.6 is 11.8 Å². The van der Waals surface area contributed by atoms with Gasteiger partial charge in [-0.25, -0.2) is 37.9 Å². The number of hydrogen-bond acceptors (Lipinski definition) is 11. The monoisotopic (exact) mass is 400 g/mol. The van der Waals surface area contributed by atoms with Gasteiger partial charge in [0.15, 0.2) is 16.5 Å². The van der Waals surface area contributed by atoms with Crippen LogP contribution in [0.25, 0.3) is 0 Å². The summed E-state index contributed by atoms with van der Waals surface area (Å²) in [6.45, 7) is 0. The molecular formula is C14H16N4O6S2. The predicted molar refractivity (Wildman–Crippen MR) is 91.6 cm³/mol. The second-order valence-electron chi connectivity index (χ2n) is 4.41. The third kappa shape index (κ3) is 6.37. The van der Waals surface area contributed by atoms with Crippen molar-refractivity contribution in [3.63, 3.8) is 0 Å². The molecule has 2 aromatic rings. The lowest BCUT2D eigenvalue weighted by Crippen LogP contribution is -2.10. The van der Waals surface area contributed by atoms with E-state index in [1.807, 2.05) is 6.26 Å². The highest BCUT2D eigenvalue weighted by Crippen LogP contribution is 2.07. The zero-order valence-electron chi connectivity index (χ0n) is 14.4. The molecule has 0 N–H and O–H groups in total. The standard InChI is InChI=1S/C7H8N2O4S.C7H8N2O2S/c1-13-6(10)5-3-4-8-7(9-5)14(2,11)12;1-11-6(10)5-3-4-8-7(9-5)12-2/h3-4H,1-2H3;3-4H,1-2H3. The summed E-state index contributed by atoms with van der Waals surface area (Å²) in [5.74, 6) is -1.13. The van der Waals surface area contributed by atoms with Crippen molar-refractivity contribution in [2.24, 2.45) is 0 Å². The van der Waals surface area contributed by atoms with Gasteiger partial charge in [-0.2, -0.15) is 0 Å². The summed E-state index contributed by atoms with van der Waals surface area (Å²) in [7, 11) is -0.989. The molecule has 26 heavy (non-hydrogen) atoms. The zero-order chi connectivity index (χ0) is 19.7. The van der Waals surface area contributed by atoms with Crippen molar-refractivity contribution in [2.75, 3.05) is 26.7 Å². The first-order valence-corrected chi connectivity index (χ1v) is 9.91. The topological polar surface area (TPSA) is 138 Å². The van der Waals surface area contributed by atoms with Crippen molar-refractivity contribution in [1.29, 1.82) is 0 Å². The first-order valence-electron chi connectivity index (χ1n) is 6.79. The Morgan fingerprint density at radius 1 is 0.962 bits per heavy atom. The highest BCUT2D eigenvalue weighted by Gasteiger charge is 2.14. The van der Waals surface area contributed by atoms with Crippen molar-refractivity contribution in [3.8, 4) is 0 Å². The molecule has 12 heteroatoms. The van der Waals surface area contributed by atoms with Gasteiger partial charge in [-0.1, -0.05) is 11.8 Å². The van der Waals surface area contributed by atoms with Crippen LogP contribution in [0.5, 0.6) is 0 Å². The lowest BCUT2D eigenvalue weighted by Gasteiger charge is -1.99. The van der Waals surface area contributed by atoms with E-state index >= 15 is 0 Å². The maximum atomic E-state index is 11.0. The Morgan fingerprint density at radius 2 is 1.46 bits per heavy atom. The first kappa shape index (κ1) is 21.4.